The number of hydrogen-bond acceptors (Lipinski definition) is 3. The fraction of sp³-hybridized carbons (Fsp3) is 0.214. The average molecular weight is 243 g/mol. The van der Waals surface area contributed by atoms with Crippen LogP contribution in [-0.4, -0.2) is 10.1 Å². The van der Waals surface area contributed by atoms with E-state index in [1.807, 2.05) is 30.3 Å². The first-order valence-corrected chi connectivity index (χ1v) is 6.49. The monoisotopic (exact) mass is 243 g/mol. The van der Waals surface area contributed by atoms with Crippen molar-refractivity contribution in [3.63, 3.8) is 0 Å². The Bertz CT molecular complexity index is 700. The number of phenolic OH excluding ortho intramolecular Hbond substituents is 1. The maximum absolute atomic E-state index is 10.00. The van der Waals surface area contributed by atoms with Crippen LogP contribution < -0.4 is 0 Å². The molecule has 0 atom stereocenters. The van der Waals surface area contributed by atoms with Crippen LogP contribution in [0.2, 0.25) is 0 Å². The Morgan fingerprint density at radius 2 is 1.88 bits per heavy atom. The largest absolute Gasteiger partial charge is 0.507 e. The summed E-state index contributed by atoms with van der Waals surface area (Å²) in [6.45, 7) is 4.28. The molecule has 0 radical (unpaired) electrons. The second-order valence-electron chi connectivity index (χ2n) is 4.49. The summed E-state index contributed by atoms with van der Waals surface area (Å²) in [5.41, 5.74) is 1.01. The molecule has 3 rings (SSSR count). The lowest BCUT2D eigenvalue weighted by Gasteiger charge is -2.00. The van der Waals surface area contributed by atoms with Crippen molar-refractivity contribution in [3.8, 4) is 5.75 Å². The van der Waals surface area contributed by atoms with Gasteiger partial charge in [-0.05, 0) is 6.07 Å². The van der Waals surface area contributed by atoms with Gasteiger partial charge in [-0.3, -0.25) is 0 Å². The maximum atomic E-state index is 10.00. The molecule has 0 aliphatic carbocycles. The first-order chi connectivity index (χ1) is 8.16. The Morgan fingerprint density at radius 1 is 1.18 bits per heavy atom. The van der Waals surface area contributed by atoms with Crippen molar-refractivity contribution in [3.05, 3.63) is 35.3 Å². The summed E-state index contributed by atoms with van der Waals surface area (Å²) in [6, 6.07) is 9.68. The molecule has 0 saturated carbocycles. The molecule has 0 saturated heterocycles. The minimum atomic E-state index is 0.340. The van der Waals surface area contributed by atoms with Gasteiger partial charge in [-0.25, -0.2) is 4.98 Å². The fourth-order valence-corrected chi connectivity index (χ4v) is 3.02. The zero-order chi connectivity index (χ0) is 12.0. The predicted molar refractivity (Wildman–Crippen MR) is 72.9 cm³/mol. The van der Waals surface area contributed by atoms with E-state index in [1.165, 1.54) is 0 Å². The summed E-state index contributed by atoms with van der Waals surface area (Å²) < 4.78 is 1.06. The van der Waals surface area contributed by atoms with Crippen LogP contribution in [0.4, 0.5) is 0 Å². The van der Waals surface area contributed by atoms with E-state index < -0.39 is 0 Å². The van der Waals surface area contributed by atoms with Crippen LogP contribution in [0.3, 0.4) is 0 Å². The molecule has 3 aromatic rings. The number of fused-ring (bicyclic) bond motifs is 3. The predicted octanol–water partition coefficient (Wildman–Crippen LogP) is 4.28. The number of hydrogen-bond donors (Lipinski definition) is 1. The molecular weight excluding hydrogens is 230 g/mol. The zero-order valence-corrected chi connectivity index (χ0v) is 10.6. The van der Waals surface area contributed by atoms with E-state index in [9.17, 15) is 5.11 Å². The topological polar surface area (TPSA) is 33.1 Å². The van der Waals surface area contributed by atoms with E-state index >= 15 is 0 Å². The number of nitrogens with zero attached hydrogens (tertiary/aromatic N) is 1. The van der Waals surface area contributed by atoms with E-state index in [-0.39, 0.29) is 0 Å². The van der Waals surface area contributed by atoms with Crippen LogP contribution in [-0.2, 0) is 0 Å². The minimum Gasteiger partial charge on any atom is -0.507 e. The first-order valence-electron chi connectivity index (χ1n) is 5.68. The molecule has 1 aromatic heterocycles. The van der Waals surface area contributed by atoms with E-state index in [4.69, 9.17) is 0 Å². The van der Waals surface area contributed by atoms with Gasteiger partial charge in [0.15, 0.2) is 0 Å². The lowest BCUT2D eigenvalue weighted by molar-refractivity contribution is 0.482. The average Bonchev–Trinajstić information content (AvgIpc) is 2.73. The van der Waals surface area contributed by atoms with Crippen molar-refractivity contribution in [1.82, 2.24) is 4.98 Å². The summed E-state index contributed by atoms with van der Waals surface area (Å²) in [5, 5.41) is 13.0. The first kappa shape index (κ1) is 10.5. The SMILES string of the molecule is CC(C)c1nc2c(cc(O)c3ccccc32)s1. The Hall–Kier alpha value is -1.61. The molecule has 0 bridgehead atoms. The number of thiazole rings is 1. The highest BCUT2D eigenvalue weighted by Crippen LogP contribution is 2.36. The van der Waals surface area contributed by atoms with Crippen molar-refractivity contribution < 1.29 is 5.11 Å². The lowest BCUT2D eigenvalue weighted by Crippen LogP contribution is -1.83. The smallest absolute Gasteiger partial charge is 0.124 e. The Labute approximate surface area is 104 Å². The third kappa shape index (κ3) is 1.58. The molecule has 2 aromatic carbocycles. The number of benzene rings is 2. The number of rotatable bonds is 1. The third-order valence-electron chi connectivity index (χ3n) is 2.89. The summed E-state index contributed by atoms with van der Waals surface area (Å²) in [6.07, 6.45) is 0. The van der Waals surface area contributed by atoms with Gasteiger partial charge in [0.25, 0.3) is 0 Å². The van der Waals surface area contributed by atoms with Crippen molar-refractivity contribution in [2.24, 2.45) is 0 Å². The lowest BCUT2D eigenvalue weighted by atomic mass is 10.1. The second kappa shape index (κ2) is 3.70. The van der Waals surface area contributed by atoms with Crippen LogP contribution >= 0.6 is 11.3 Å². The van der Waals surface area contributed by atoms with Gasteiger partial charge in [-0.2, -0.15) is 0 Å². The van der Waals surface area contributed by atoms with Crippen molar-refractivity contribution >= 4 is 32.3 Å². The standard InChI is InChI=1S/C14H13NOS/c1-8(2)14-15-13-10-6-4-3-5-9(10)11(16)7-12(13)17-14/h3-8,16H,1-2H3. The van der Waals surface area contributed by atoms with E-state index in [2.05, 4.69) is 18.8 Å². The van der Waals surface area contributed by atoms with Crippen LogP contribution in [0.15, 0.2) is 30.3 Å². The summed E-state index contributed by atoms with van der Waals surface area (Å²) in [4.78, 5) is 4.69. The van der Waals surface area contributed by atoms with Gasteiger partial charge in [0.05, 0.1) is 15.2 Å². The van der Waals surface area contributed by atoms with Gasteiger partial charge in [0, 0.05) is 16.7 Å². The van der Waals surface area contributed by atoms with Crippen molar-refractivity contribution in [1.29, 1.82) is 0 Å². The highest BCUT2D eigenvalue weighted by molar-refractivity contribution is 7.18. The minimum absolute atomic E-state index is 0.340. The number of aromatic nitrogens is 1. The molecule has 86 valence electrons. The zero-order valence-electron chi connectivity index (χ0n) is 9.77. The van der Waals surface area contributed by atoms with Crippen LogP contribution in [0, 0.1) is 0 Å². The summed E-state index contributed by atoms with van der Waals surface area (Å²) in [5.74, 6) is 0.764. The molecule has 0 aliphatic heterocycles. The van der Waals surface area contributed by atoms with E-state index in [0.29, 0.717) is 11.7 Å². The van der Waals surface area contributed by atoms with E-state index in [0.717, 1.165) is 26.0 Å². The molecule has 0 amide bonds. The van der Waals surface area contributed by atoms with Crippen LogP contribution in [0.1, 0.15) is 24.8 Å². The molecule has 0 spiro atoms. The second-order valence-corrected chi connectivity index (χ2v) is 5.56. The molecule has 1 heterocycles. The fourth-order valence-electron chi connectivity index (χ4n) is 2.00. The molecule has 3 heteroatoms. The Morgan fingerprint density at radius 3 is 2.59 bits per heavy atom. The molecule has 0 unspecified atom stereocenters. The number of aromatic hydroxyl groups is 1. The molecule has 0 aliphatic rings. The van der Waals surface area contributed by atoms with Crippen molar-refractivity contribution in [2.75, 3.05) is 0 Å². The van der Waals surface area contributed by atoms with Gasteiger partial charge in [0.2, 0.25) is 0 Å². The summed E-state index contributed by atoms with van der Waals surface area (Å²) >= 11 is 1.66. The maximum Gasteiger partial charge on any atom is 0.124 e. The molecule has 17 heavy (non-hydrogen) atoms. The molecule has 2 nitrogen and oxygen atoms in total. The third-order valence-corrected chi connectivity index (χ3v) is 4.19. The van der Waals surface area contributed by atoms with Gasteiger partial charge in [-0.15, -0.1) is 11.3 Å². The molecular formula is C14H13NOS. The van der Waals surface area contributed by atoms with Crippen LogP contribution in [0.5, 0.6) is 5.75 Å². The number of phenols is 1. The molecule has 1 N–H and O–H groups in total. The van der Waals surface area contributed by atoms with Gasteiger partial charge in [-0.1, -0.05) is 38.1 Å². The highest BCUT2D eigenvalue weighted by atomic mass is 32.1. The van der Waals surface area contributed by atoms with Gasteiger partial charge < -0.3 is 5.11 Å². The normalized spacial score (nSPS) is 11.7. The Balaban J connectivity index is 2.46. The van der Waals surface area contributed by atoms with E-state index in [1.54, 1.807) is 11.3 Å². The quantitative estimate of drug-likeness (QED) is 0.692. The summed E-state index contributed by atoms with van der Waals surface area (Å²) in [7, 11) is 0. The van der Waals surface area contributed by atoms with Crippen LogP contribution in [0.25, 0.3) is 21.0 Å². The van der Waals surface area contributed by atoms with Gasteiger partial charge in [0.1, 0.15) is 5.75 Å². The van der Waals surface area contributed by atoms with Gasteiger partial charge >= 0.3 is 0 Å². The highest BCUT2D eigenvalue weighted by Gasteiger charge is 2.12. The molecule has 0 fully saturated rings. The Kier molecular flexibility index (Phi) is 2.30. The van der Waals surface area contributed by atoms with Crippen molar-refractivity contribution in [2.45, 2.75) is 19.8 Å².